The lowest BCUT2D eigenvalue weighted by Gasteiger charge is -2.11. The summed E-state index contributed by atoms with van der Waals surface area (Å²) < 4.78 is 0. The maximum atomic E-state index is 11.3. The van der Waals surface area contributed by atoms with Gasteiger partial charge in [0.2, 0.25) is 0 Å². The van der Waals surface area contributed by atoms with Gasteiger partial charge in [-0.15, -0.1) is 0 Å². The van der Waals surface area contributed by atoms with Gasteiger partial charge in [-0.3, -0.25) is 4.79 Å². The van der Waals surface area contributed by atoms with E-state index in [2.05, 4.69) is 16.9 Å². The van der Waals surface area contributed by atoms with Gasteiger partial charge in [0.1, 0.15) is 0 Å². The standard InChI is InChI=1S/C11H22N2O3S/c1-3-9(10(14)15)8-13-11(16)12-6-4-5-7-17-2/h9H,3-8H2,1-2H3,(H,14,15)(H2,12,13,16). The molecule has 2 amide bonds. The fourth-order valence-electron chi connectivity index (χ4n) is 1.26. The molecule has 5 nitrogen and oxygen atoms in total. The van der Waals surface area contributed by atoms with Crippen LogP contribution in [0.1, 0.15) is 26.2 Å². The summed E-state index contributed by atoms with van der Waals surface area (Å²) in [5.41, 5.74) is 0. The number of hydrogen-bond acceptors (Lipinski definition) is 3. The monoisotopic (exact) mass is 262 g/mol. The highest BCUT2D eigenvalue weighted by molar-refractivity contribution is 7.98. The predicted molar refractivity (Wildman–Crippen MR) is 70.4 cm³/mol. The van der Waals surface area contributed by atoms with Crippen molar-refractivity contribution in [3.8, 4) is 0 Å². The number of carbonyl (C=O) groups is 2. The molecular formula is C11H22N2O3S. The van der Waals surface area contributed by atoms with Crippen LogP contribution in [-0.4, -0.2) is 42.2 Å². The summed E-state index contributed by atoms with van der Waals surface area (Å²) in [6.07, 6.45) is 4.60. The highest BCUT2D eigenvalue weighted by Crippen LogP contribution is 2.00. The van der Waals surface area contributed by atoms with E-state index in [0.717, 1.165) is 18.6 Å². The number of nitrogens with one attached hydrogen (secondary N) is 2. The van der Waals surface area contributed by atoms with E-state index >= 15 is 0 Å². The lowest BCUT2D eigenvalue weighted by atomic mass is 10.1. The Balaban J connectivity index is 3.55. The molecule has 0 bridgehead atoms. The Morgan fingerprint density at radius 2 is 2.00 bits per heavy atom. The van der Waals surface area contributed by atoms with Crippen LogP contribution < -0.4 is 10.6 Å². The van der Waals surface area contributed by atoms with Crippen molar-refractivity contribution in [2.45, 2.75) is 26.2 Å². The SMILES string of the molecule is CCC(CNC(=O)NCCCCSC)C(=O)O. The number of thioether (sulfide) groups is 1. The Morgan fingerprint density at radius 1 is 1.29 bits per heavy atom. The summed E-state index contributed by atoms with van der Waals surface area (Å²) in [6, 6.07) is -0.283. The zero-order valence-electron chi connectivity index (χ0n) is 10.5. The van der Waals surface area contributed by atoms with Crippen LogP contribution in [0.25, 0.3) is 0 Å². The summed E-state index contributed by atoms with van der Waals surface area (Å²) >= 11 is 1.79. The molecule has 0 aromatic rings. The van der Waals surface area contributed by atoms with Crippen LogP contribution in [0.4, 0.5) is 4.79 Å². The van der Waals surface area contributed by atoms with E-state index < -0.39 is 11.9 Å². The van der Waals surface area contributed by atoms with Crippen LogP contribution in [0.15, 0.2) is 0 Å². The molecule has 3 N–H and O–H groups in total. The maximum Gasteiger partial charge on any atom is 0.314 e. The molecule has 1 unspecified atom stereocenters. The number of aliphatic carboxylic acids is 1. The summed E-state index contributed by atoms with van der Waals surface area (Å²) in [5.74, 6) is -0.273. The average molecular weight is 262 g/mol. The normalized spacial score (nSPS) is 11.9. The van der Waals surface area contributed by atoms with E-state index in [4.69, 9.17) is 5.11 Å². The van der Waals surface area contributed by atoms with Gasteiger partial charge < -0.3 is 15.7 Å². The molecule has 0 rings (SSSR count). The molecule has 17 heavy (non-hydrogen) atoms. The smallest absolute Gasteiger partial charge is 0.314 e. The maximum absolute atomic E-state index is 11.3. The number of carboxylic acids is 1. The molecule has 1 atom stereocenters. The first kappa shape index (κ1) is 16.1. The van der Waals surface area contributed by atoms with E-state index in [9.17, 15) is 9.59 Å². The van der Waals surface area contributed by atoms with E-state index in [1.807, 2.05) is 0 Å². The van der Waals surface area contributed by atoms with Crippen molar-refractivity contribution in [2.24, 2.45) is 5.92 Å². The van der Waals surface area contributed by atoms with Crippen LogP contribution >= 0.6 is 11.8 Å². The first-order chi connectivity index (χ1) is 8.11. The van der Waals surface area contributed by atoms with Crippen LogP contribution in [0.2, 0.25) is 0 Å². The minimum atomic E-state index is -0.868. The fourth-order valence-corrected chi connectivity index (χ4v) is 1.75. The molecule has 0 aliphatic heterocycles. The Hall–Kier alpha value is -0.910. The third-order valence-corrected chi connectivity index (χ3v) is 3.11. The average Bonchev–Trinajstić information content (AvgIpc) is 2.29. The van der Waals surface area contributed by atoms with Crippen LogP contribution in [0.5, 0.6) is 0 Å². The van der Waals surface area contributed by atoms with E-state index in [1.165, 1.54) is 0 Å². The van der Waals surface area contributed by atoms with Gasteiger partial charge in [-0.1, -0.05) is 6.92 Å². The largest absolute Gasteiger partial charge is 0.481 e. The third-order valence-electron chi connectivity index (χ3n) is 2.41. The molecule has 0 aromatic heterocycles. The first-order valence-electron chi connectivity index (χ1n) is 5.85. The molecule has 0 saturated heterocycles. The second kappa shape index (κ2) is 10.3. The molecule has 0 radical (unpaired) electrons. The van der Waals surface area contributed by atoms with Gasteiger partial charge in [-0.2, -0.15) is 11.8 Å². The highest BCUT2D eigenvalue weighted by Gasteiger charge is 2.15. The third kappa shape index (κ3) is 8.85. The van der Waals surface area contributed by atoms with Gasteiger partial charge in [-0.25, -0.2) is 4.79 Å². The van der Waals surface area contributed by atoms with Crippen molar-refractivity contribution in [1.82, 2.24) is 10.6 Å². The van der Waals surface area contributed by atoms with Gasteiger partial charge >= 0.3 is 12.0 Å². The molecule has 6 heteroatoms. The van der Waals surface area contributed by atoms with Crippen molar-refractivity contribution in [1.29, 1.82) is 0 Å². The number of amides is 2. The topological polar surface area (TPSA) is 78.4 Å². The van der Waals surface area contributed by atoms with Crippen molar-refractivity contribution in [3.05, 3.63) is 0 Å². The molecule has 0 saturated carbocycles. The van der Waals surface area contributed by atoms with Crippen molar-refractivity contribution in [2.75, 3.05) is 25.1 Å². The lowest BCUT2D eigenvalue weighted by Crippen LogP contribution is -2.40. The van der Waals surface area contributed by atoms with Crippen LogP contribution in [0, 0.1) is 5.92 Å². The molecule has 0 heterocycles. The molecular weight excluding hydrogens is 240 g/mol. The minimum Gasteiger partial charge on any atom is -0.481 e. The lowest BCUT2D eigenvalue weighted by molar-refractivity contribution is -0.141. The number of unbranched alkanes of at least 4 members (excludes halogenated alkanes) is 1. The Morgan fingerprint density at radius 3 is 2.53 bits per heavy atom. The second-order valence-electron chi connectivity index (χ2n) is 3.78. The van der Waals surface area contributed by atoms with Gasteiger partial charge in [0.25, 0.3) is 0 Å². The van der Waals surface area contributed by atoms with Crippen LogP contribution in [0.3, 0.4) is 0 Å². The number of carboxylic acid groups (broad SMARTS) is 1. The van der Waals surface area contributed by atoms with E-state index in [0.29, 0.717) is 13.0 Å². The zero-order chi connectivity index (χ0) is 13.1. The van der Waals surface area contributed by atoms with Gasteiger partial charge in [0.05, 0.1) is 5.92 Å². The molecule has 100 valence electrons. The number of urea groups is 1. The van der Waals surface area contributed by atoms with Crippen molar-refractivity contribution >= 4 is 23.8 Å². The van der Waals surface area contributed by atoms with Crippen molar-refractivity contribution < 1.29 is 14.7 Å². The molecule has 0 fully saturated rings. The Bertz CT molecular complexity index is 237. The number of hydrogen-bond donors (Lipinski definition) is 3. The van der Waals surface area contributed by atoms with Gasteiger partial charge in [-0.05, 0) is 31.3 Å². The van der Waals surface area contributed by atoms with Gasteiger partial charge in [0, 0.05) is 13.1 Å². The molecule has 0 aliphatic carbocycles. The first-order valence-corrected chi connectivity index (χ1v) is 7.24. The second-order valence-corrected chi connectivity index (χ2v) is 4.77. The fraction of sp³-hybridized carbons (Fsp3) is 0.818. The number of carbonyl (C=O) groups excluding carboxylic acids is 1. The molecule has 0 aromatic carbocycles. The molecule has 0 spiro atoms. The van der Waals surface area contributed by atoms with Gasteiger partial charge in [0.15, 0.2) is 0 Å². The highest BCUT2D eigenvalue weighted by atomic mass is 32.2. The summed E-state index contributed by atoms with van der Waals surface area (Å²) in [4.78, 5) is 22.0. The zero-order valence-corrected chi connectivity index (χ0v) is 11.3. The molecule has 0 aliphatic rings. The predicted octanol–water partition coefficient (Wildman–Crippen LogP) is 1.54. The van der Waals surface area contributed by atoms with Crippen LogP contribution in [-0.2, 0) is 4.79 Å². The number of rotatable bonds is 9. The van der Waals surface area contributed by atoms with E-state index in [-0.39, 0.29) is 12.6 Å². The quantitative estimate of drug-likeness (QED) is 0.551. The Kier molecular flexibility index (Phi) is 9.71. The van der Waals surface area contributed by atoms with E-state index in [1.54, 1.807) is 18.7 Å². The summed E-state index contributed by atoms with van der Waals surface area (Å²) in [5, 5.41) is 14.1. The Labute approximate surface area is 107 Å². The van der Waals surface area contributed by atoms with Crippen molar-refractivity contribution in [3.63, 3.8) is 0 Å². The minimum absolute atomic E-state index is 0.183. The summed E-state index contributed by atoms with van der Waals surface area (Å²) in [7, 11) is 0. The summed E-state index contributed by atoms with van der Waals surface area (Å²) in [6.45, 7) is 2.61.